The van der Waals surface area contributed by atoms with E-state index in [2.05, 4.69) is 16.5 Å². The van der Waals surface area contributed by atoms with Gasteiger partial charge in [0.2, 0.25) is 0 Å². The summed E-state index contributed by atoms with van der Waals surface area (Å²) >= 11 is 0. The van der Waals surface area contributed by atoms with Crippen molar-refractivity contribution in [2.45, 2.75) is 31.9 Å². The first-order valence-electron chi connectivity index (χ1n) is 8.44. The van der Waals surface area contributed by atoms with E-state index in [0.29, 0.717) is 30.2 Å². The van der Waals surface area contributed by atoms with Crippen LogP contribution in [0.2, 0.25) is 0 Å². The van der Waals surface area contributed by atoms with Gasteiger partial charge < -0.3 is 14.6 Å². The number of carbonyl (C=O) groups is 1. The number of benzene rings is 1. The Kier molecular flexibility index (Phi) is 5.28. The lowest BCUT2D eigenvalue weighted by Crippen LogP contribution is -2.39. The minimum Gasteiger partial charge on any atom is -0.365 e. The summed E-state index contributed by atoms with van der Waals surface area (Å²) in [6.07, 6.45) is 4.44. The zero-order chi connectivity index (χ0) is 17.8. The molecule has 2 unspecified atom stereocenters. The third-order valence-electron chi connectivity index (χ3n) is 4.42. The molecule has 25 heavy (non-hydrogen) atoms. The van der Waals surface area contributed by atoms with Crippen LogP contribution in [0.5, 0.6) is 0 Å². The molecule has 0 spiro atoms. The molecule has 2 heterocycles. The van der Waals surface area contributed by atoms with Crippen LogP contribution in [0.15, 0.2) is 43.1 Å². The van der Waals surface area contributed by atoms with Crippen LogP contribution in [0.3, 0.4) is 0 Å². The number of aromatic amines is 1. The van der Waals surface area contributed by atoms with Gasteiger partial charge in [-0.3, -0.25) is 4.79 Å². The standard InChI is InChI=1S/C19H22FN3O2/c1-3-11-25-13(2)19(24)23-10-6-9-17(23)18-21-12-16(22-18)14-7-4-5-8-15(14)20/h3-5,7-8,12-13,17H,1,6,9-11H2,2H3,(H,21,22). The number of halogens is 1. The average Bonchev–Trinajstić information content (AvgIpc) is 3.28. The molecule has 1 aromatic carbocycles. The molecule has 2 aromatic rings. The molecule has 0 radical (unpaired) electrons. The van der Waals surface area contributed by atoms with E-state index >= 15 is 0 Å². The molecule has 1 aliphatic heterocycles. The average molecular weight is 343 g/mol. The van der Waals surface area contributed by atoms with Gasteiger partial charge in [-0.25, -0.2) is 9.37 Å². The van der Waals surface area contributed by atoms with E-state index in [1.165, 1.54) is 6.07 Å². The number of aromatic nitrogens is 2. The minimum atomic E-state index is -0.528. The van der Waals surface area contributed by atoms with Gasteiger partial charge in [0, 0.05) is 12.1 Å². The van der Waals surface area contributed by atoms with Crippen molar-refractivity contribution in [1.29, 1.82) is 0 Å². The van der Waals surface area contributed by atoms with Gasteiger partial charge in [0.15, 0.2) is 0 Å². The summed E-state index contributed by atoms with van der Waals surface area (Å²) in [6, 6.07) is 6.42. The Balaban J connectivity index is 1.78. The number of amides is 1. The van der Waals surface area contributed by atoms with Crippen molar-refractivity contribution in [3.63, 3.8) is 0 Å². The topological polar surface area (TPSA) is 58.2 Å². The summed E-state index contributed by atoms with van der Waals surface area (Å²) in [6.45, 7) is 6.34. The number of imidazole rings is 1. The van der Waals surface area contributed by atoms with Crippen LogP contribution in [0.1, 0.15) is 31.6 Å². The van der Waals surface area contributed by atoms with E-state index in [-0.39, 0.29) is 17.8 Å². The van der Waals surface area contributed by atoms with Crippen LogP contribution in [-0.2, 0) is 9.53 Å². The minimum absolute atomic E-state index is 0.0619. The first-order valence-corrected chi connectivity index (χ1v) is 8.44. The summed E-state index contributed by atoms with van der Waals surface area (Å²) in [5.74, 6) is 0.316. The summed E-state index contributed by atoms with van der Waals surface area (Å²) in [5, 5.41) is 0. The highest BCUT2D eigenvalue weighted by Crippen LogP contribution is 2.32. The zero-order valence-corrected chi connectivity index (χ0v) is 14.2. The molecule has 1 amide bonds. The highest BCUT2D eigenvalue weighted by Gasteiger charge is 2.34. The number of carbonyl (C=O) groups excluding carboxylic acids is 1. The van der Waals surface area contributed by atoms with Gasteiger partial charge in [0.05, 0.1) is 24.5 Å². The maximum absolute atomic E-state index is 14.0. The summed E-state index contributed by atoms with van der Waals surface area (Å²) in [4.78, 5) is 22.0. The number of nitrogens with one attached hydrogen (secondary N) is 1. The van der Waals surface area contributed by atoms with E-state index in [9.17, 15) is 9.18 Å². The van der Waals surface area contributed by atoms with Crippen molar-refractivity contribution in [2.75, 3.05) is 13.2 Å². The number of likely N-dealkylation sites (tertiary alicyclic amines) is 1. The van der Waals surface area contributed by atoms with E-state index in [1.54, 1.807) is 42.3 Å². The quantitative estimate of drug-likeness (QED) is 0.817. The smallest absolute Gasteiger partial charge is 0.252 e. The number of rotatable bonds is 6. The summed E-state index contributed by atoms with van der Waals surface area (Å²) in [7, 11) is 0. The second-order valence-corrected chi connectivity index (χ2v) is 6.12. The van der Waals surface area contributed by atoms with Crippen molar-refractivity contribution < 1.29 is 13.9 Å². The maximum Gasteiger partial charge on any atom is 0.252 e. The van der Waals surface area contributed by atoms with Gasteiger partial charge in [0.1, 0.15) is 17.7 Å². The normalized spacial score (nSPS) is 18.3. The van der Waals surface area contributed by atoms with Gasteiger partial charge in [-0.1, -0.05) is 18.2 Å². The lowest BCUT2D eigenvalue weighted by Gasteiger charge is -2.26. The Morgan fingerprint density at radius 3 is 3.12 bits per heavy atom. The Bertz CT molecular complexity index is 759. The molecule has 0 aliphatic carbocycles. The fourth-order valence-corrected chi connectivity index (χ4v) is 3.15. The van der Waals surface area contributed by atoms with Crippen LogP contribution >= 0.6 is 0 Å². The first-order chi connectivity index (χ1) is 12.1. The lowest BCUT2D eigenvalue weighted by molar-refractivity contribution is -0.143. The van der Waals surface area contributed by atoms with E-state index in [0.717, 1.165) is 12.8 Å². The first kappa shape index (κ1) is 17.4. The SMILES string of the molecule is C=CCOC(C)C(=O)N1CCCC1c1ncc(-c2ccccc2F)[nH]1. The largest absolute Gasteiger partial charge is 0.365 e. The van der Waals surface area contributed by atoms with Crippen LogP contribution < -0.4 is 0 Å². The van der Waals surface area contributed by atoms with Crippen molar-refractivity contribution in [3.05, 3.63) is 54.8 Å². The number of nitrogens with zero attached hydrogens (tertiary/aromatic N) is 2. The Hall–Kier alpha value is -2.47. The van der Waals surface area contributed by atoms with Crippen LogP contribution in [0, 0.1) is 5.82 Å². The predicted molar refractivity (Wildman–Crippen MR) is 93.3 cm³/mol. The zero-order valence-electron chi connectivity index (χ0n) is 14.2. The van der Waals surface area contributed by atoms with Crippen molar-refractivity contribution in [1.82, 2.24) is 14.9 Å². The van der Waals surface area contributed by atoms with Crippen molar-refractivity contribution in [2.24, 2.45) is 0 Å². The molecular formula is C19H22FN3O2. The third-order valence-corrected chi connectivity index (χ3v) is 4.42. The Labute approximate surface area is 146 Å². The molecule has 1 saturated heterocycles. The van der Waals surface area contributed by atoms with Crippen molar-refractivity contribution >= 4 is 5.91 Å². The Morgan fingerprint density at radius 1 is 1.56 bits per heavy atom. The number of hydrogen-bond acceptors (Lipinski definition) is 3. The second-order valence-electron chi connectivity index (χ2n) is 6.12. The molecule has 1 N–H and O–H groups in total. The number of H-pyrrole nitrogens is 1. The van der Waals surface area contributed by atoms with E-state index < -0.39 is 6.10 Å². The van der Waals surface area contributed by atoms with Gasteiger partial charge >= 0.3 is 0 Å². The summed E-state index contributed by atoms with van der Waals surface area (Å²) < 4.78 is 19.4. The molecule has 0 bridgehead atoms. The van der Waals surface area contributed by atoms with E-state index in [1.807, 2.05) is 0 Å². The molecule has 132 valence electrons. The molecule has 5 nitrogen and oxygen atoms in total. The van der Waals surface area contributed by atoms with Crippen LogP contribution in [-0.4, -0.2) is 40.0 Å². The van der Waals surface area contributed by atoms with Gasteiger partial charge in [-0.05, 0) is 31.9 Å². The molecule has 1 fully saturated rings. The van der Waals surface area contributed by atoms with Crippen LogP contribution in [0.4, 0.5) is 4.39 Å². The number of ether oxygens (including phenoxy) is 1. The van der Waals surface area contributed by atoms with Crippen LogP contribution in [0.25, 0.3) is 11.3 Å². The molecule has 3 rings (SSSR count). The predicted octanol–water partition coefficient (Wildman–Crippen LogP) is 3.47. The molecule has 1 aromatic heterocycles. The lowest BCUT2D eigenvalue weighted by atomic mass is 10.1. The molecule has 6 heteroatoms. The summed E-state index contributed by atoms with van der Waals surface area (Å²) in [5.41, 5.74) is 1.09. The molecular weight excluding hydrogens is 321 g/mol. The highest BCUT2D eigenvalue weighted by molar-refractivity contribution is 5.81. The monoisotopic (exact) mass is 343 g/mol. The molecule has 2 atom stereocenters. The fourth-order valence-electron chi connectivity index (χ4n) is 3.15. The Morgan fingerprint density at radius 2 is 2.36 bits per heavy atom. The van der Waals surface area contributed by atoms with Gasteiger partial charge in [-0.15, -0.1) is 6.58 Å². The molecule has 0 saturated carbocycles. The molecule has 1 aliphatic rings. The van der Waals surface area contributed by atoms with Crippen molar-refractivity contribution in [3.8, 4) is 11.3 Å². The van der Waals surface area contributed by atoms with E-state index in [4.69, 9.17) is 4.74 Å². The maximum atomic E-state index is 14.0. The third kappa shape index (κ3) is 3.64. The highest BCUT2D eigenvalue weighted by atomic mass is 19.1. The number of hydrogen-bond donors (Lipinski definition) is 1. The van der Waals surface area contributed by atoms with Gasteiger partial charge in [-0.2, -0.15) is 0 Å². The van der Waals surface area contributed by atoms with Gasteiger partial charge in [0.25, 0.3) is 5.91 Å². The second kappa shape index (κ2) is 7.61. The fraction of sp³-hybridized carbons (Fsp3) is 0.368.